The Hall–Kier alpha value is -1.98. The molecule has 6 heteroatoms. The van der Waals surface area contributed by atoms with Gasteiger partial charge >= 0.3 is 0 Å². The average Bonchev–Trinajstić information content (AvgIpc) is 2.39. The minimum Gasteiger partial charge on any atom is -0.389 e. The molecule has 0 fully saturated rings. The van der Waals surface area contributed by atoms with E-state index < -0.39 is 0 Å². The number of rotatable bonds is 3. The molecule has 0 spiro atoms. The highest BCUT2D eigenvalue weighted by Crippen LogP contribution is 2.16. The SMILES string of the molecule is NC(=S)c1ccc(NC(=O)c2ccncc2Cl)cc1. The summed E-state index contributed by atoms with van der Waals surface area (Å²) in [5.41, 5.74) is 7.25. The first-order valence-corrected chi connectivity index (χ1v) is 6.17. The van der Waals surface area contributed by atoms with Gasteiger partial charge in [0.1, 0.15) is 4.99 Å². The van der Waals surface area contributed by atoms with Gasteiger partial charge < -0.3 is 11.1 Å². The third-order valence-electron chi connectivity index (χ3n) is 2.44. The maximum absolute atomic E-state index is 12.0. The number of halogens is 1. The van der Waals surface area contributed by atoms with Crippen molar-refractivity contribution in [1.29, 1.82) is 0 Å². The van der Waals surface area contributed by atoms with Gasteiger partial charge in [-0.15, -0.1) is 0 Å². The zero-order valence-electron chi connectivity index (χ0n) is 9.76. The number of carbonyl (C=O) groups excluding carboxylic acids is 1. The van der Waals surface area contributed by atoms with Crippen LogP contribution >= 0.6 is 23.8 Å². The zero-order valence-corrected chi connectivity index (χ0v) is 11.3. The quantitative estimate of drug-likeness (QED) is 0.853. The highest BCUT2D eigenvalue weighted by Gasteiger charge is 2.10. The van der Waals surface area contributed by atoms with Crippen molar-refractivity contribution in [1.82, 2.24) is 4.98 Å². The highest BCUT2D eigenvalue weighted by molar-refractivity contribution is 7.80. The number of benzene rings is 1. The third kappa shape index (κ3) is 3.27. The molecule has 0 radical (unpaired) electrons. The maximum Gasteiger partial charge on any atom is 0.257 e. The molecule has 2 rings (SSSR count). The summed E-state index contributed by atoms with van der Waals surface area (Å²) in [6.07, 6.45) is 2.93. The van der Waals surface area contributed by atoms with Crippen LogP contribution in [0.5, 0.6) is 0 Å². The van der Waals surface area contributed by atoms with Gasteiger partial charge in [0.2, 0.25) is 0 Å². The van der Waals surface area contributed by atoms with E-state index in [-0.39, 0.29) is 5.91 Å². The number of carbonyl (C=O) groups is 1. The van der Waals surface area contributed by atoms with E-state index in [2.05, 4.69) is 10.3 Å². The molecule has 1 amide bonds. The Morgan fingerprint density at radius 2 is 1.95 bits per heavy atom. The molecule has 2 aromatic rings. The summed E-state index contributed by atoms with van der Waals surface area (Å²) in [5.74, 6) is -0.296. The van der Waals surface area contributed by atoms with Gasteiger partial charge in [0.15, 0.2) is 0 Å². The lowest BCUT2D eigenvalue weighted by molar-refractivity contribution is 0.102. The fraction of sp³-hybridized carbons (Fsp3) is 0. The van der Waals surface area contributed by atoms with E-state index in [0.717, 1.165) is 5.56 Å². The average molecular weight is 292 g/mol. The molecule has 0 saturated heterocycles. The van der Waals surface area contributed by atoms with Gasteiger partial charge in [-0.1, -0.05) is 23.8 Å². The Balaban J connectivity index is 2.15. The highest BCUT2D eigenvalue weighted by atomic mass is 35.5. The smallest absolute Gasteiger partial charge is 0.257 e. The van der Waals surface area contributed by atoms with Crippen molar-refractivity contribution in [2.45, 2.75) is 0 Å². The lowest BCUT2D eigenvalue weighted by Gasteiger charge is -2.07. The Morgan fingerprint density at radius 3 is 2.53 bits per heavy atom. The second-order valence-corrected chi connectivity index (χ2v) is 4.60. The number of nitrogens with one attached hydrogen (secondary N) is 1. The first-order chi connectivity index (χ1) is 9.08. The summed E-state index contributed by atoms with van der Waals surface area (Å²) >= 11 is 10.7. The van der Waals surface area contributed by atoms with Crippen LogP contribution in [0.15, 0.2) is 42.7 Å². The minimum absolute atomic E-state index is 0.296. The molecular formula is C13H10ClN3OS. The fourth-order valence-electron chi connectivity index (χ4n) is 1.48. The largest absolute Gasteiger partial charge is 0.389 e. The van der Waals surface area contributed by atoms with E-state index in [4.69, 9.17) is 29.6 Å². The molecule has 4 nitrogen and oxygen atoms in total. The van der Waals surface area contributed by atoms with Crippen LogP contribution in [0, 0.1) is 0 Å². The summed E-state index contributed by atoms with van der Waals surface area (Å²) in [7, 11) is 0. The molecule has 0 saturated carbocycles. The van der Waals surface area contributed by atoms with Crippen molar-refractivity contribution in [3.05, 3.63) is 58.9 Å². The standard InChI is InChI=1S/C13H10ClN3OS/c14-11-7-16-6-5-10(11)13(18)17-9-3-1-8(2-4-9)12(15)19/h1-7H,(H2,15,19)(H,17,18). The summed E-state index contributed by atoms with van der Waals surface area (Å²) in [6, 6.07) is 8.49. The molecule has 1 aromatic carbocycles. The van der Waals surface area contributed by atoms with Gasteiger partial charge in [-0.05, 0) is 30.3 Å². The van der Waals surface area contributed by atoms with Crippen LogP contribution in [-0.2, 0) is 0 Å². The second-order valence-electron chi connectivity index (χ2n) is 3.75. The van der Waals surface area contributed by atoms with Crippen molar-refractivity contribution in [3.63, 3.8) is 0 Å². The van der Waals surface area contributed by atoms with E-state index in [1.807, 2.05) is 0 Å². The molecule has 0 aliphatic carbocycles. The number of thiocarbonyl (C=S) groups is 1. The van der Waals surface area contributed by atoms with Crippen LogP contribution < -0.4 is 11.1 Å². The number of pyridine rings is 1. The maximum atomic E-state index is 12.0. The molecule has 0 aliphatic heterocycles. The second kappa shape index (κ2) is 5.77. The molecule has 96 valence electrons. The van der Waals surface area contributed by atoms with Gasteiger partial charge in [-0.3, -0.25) is 9.78 Å². The summed E-state index contributed by atoms with van der Waals surface area (Å²) < 4.78 is 0. The molecule has 1 heterocycles. The molecular weight excluding hydrogens is 282 g/mol. The van der Waals surface area contributed by atoms with Gasteiger partial charge in [0.05, 0.1) is 10.6 Å². The number of hydrogen-bond acceptors (Lipinski definition) is 3. The van der Waals surface area contributed by atoms with E-state index in [1.165, 1.54) is 12.4 Å². The number of hydrogen-bond donors (Lipinski definition) is 2. The van der Waals surface area contributed by atoms with Gasteiger partial charge in [-0.2, -0.15) is 0 Å². The number of anilines is 1. The van der Waals surface area contributed by atoms with Gasteiger partial charge in [0, 0.05) is 23.6 Å². The Morgan fingerprint density at radius 1 is 1.26 bits per heavy atom. The van der Waals surface area contributed by atoms with Crippen LogP contribution in [-0.4, -0.2) is 15.9 Å². The van der Waals surface area contributed by atoms with Crippen molar-refractivity contribution in [3.8, 4) is 0 Å². The summed E-state index contributed by atoms with van der Waals surface area (Å²) in [6.45, 7) is 0. The number of amides is 1. The van der Waals surface area contributed by atoms with Crippen molar-refractivity contribution < 1.29 is 4.79 Å². The topological polar surface area (TPSA) is 68.0 Å². The third-order valence-corrected chi connectivity index (χ3v) is 2.98. The van der Waals surface area contributed by atoms with Crippen LogP contribution in [0.2, 0.25) is 5.02 Å². The van der Waals surface area contributed by atoms with Crippen LogP contribution in [0.25, 0.3) is 0 Å². The monoisotopic (exact) mass is 291 g/mol. The van der Waals surface area contributed by atoms with Gasteiger partial charge in [-0.25, -0.2) is 0 Å². The summed E-state index contributed by atoms with van der Waals surface area (Å²) in [5, 5.41) is 3.04. The van der Waals surface area contributed by atoms with Crippen LogP contribution in [0.1, 0.15) is 15.9 Å². The van der Waals surface area contributed by atoms with E-state index >= 15 is 0 Å². The van der Waals surface area contributed by atoms with Crippen molar-refractivity contribution in [2.24, 2.45) is 5.73 Å². The molecule has 0 atom stereocenters. The normalized spacial score (nSPS) is 9.95. The molecule has 3 N–H and O–H groups in total. The van der Waals surface area contributed by atoms with E-state index in [9.17, 15) is 4.79 Å². The fourth-order valence-corrected chi connectivity index (χ4v) is 1.82. The number of nitrogens with two attached hydrogens (primary N) is 1. The lowest BCUT2D eigenvalue weighted by Crippen LogP contribution is -2.13. The number of nitrogens with zero attached hydrogens (tertiary/aromatic N) is 1. The molecule has 0 unspecified atom stereocenters. The summed E-state index contributed by atoms with van der Waals surface area (Å²) in [4.78, 5) is 16.1. The molecule has 0 aliphatic rings. The predicted molar refractivity (Wildman–Crippen MR) is 79.5 cm³/mol. The predicted octanol–water partition coefficient (Wildman–Crippen LogP) is 2.62. The van der Waals surface area contributed by atoms with E-state index in [1.54, 1.807) is 30.3 Å². The Bertz CT molecular complexity index is 628. The minimum atomic E-state index is -0.296. The molecule has 0 bridgehead atoms. The van der Waals surface area contributed by atoms with Crippen molar-refractivity contribution >= 4 is 40.4 Å². The van der Waals surface area contributed by atoms with Gasteiger partial charge in [0.25, 0.3) is 5.91 Å². The first-order valence-electron chi connectivity index (χ1n) is 5.38. The Labute approximate surface area is 120 Å². The Kier molecular flexibility index (Phi) is 4.09. The van der Waals surface area contributed by atoms with Crippen LogP contribution in [0.4, 0.5) is 5.69 Å². The molecule has 1 aromatic heterocycles. The van der Waals surface area contributed by atoms with E-state index in [0.29, 0.717) is 21.3 Å². The van der Waals surface area contributed by atoms with Crippen LogP contribution in [0.3, 0.4) is 0 Å². The lowest BCUT2D eigenvalue weighted by atomic mass is 10.2. The molecule has 19 heavy (non-hydrogen) atoms. The van der Waals surface area contributed by atoms with Crippen molar-refractivity contribution in [2.75, 3.05) is 5.32 Å². The number of aromatic nitrogens is 1. The first kappa shape index (κ1) is 13.5. The zero-order chi connectivity index (χ0) is 13.8.